The van der Waals surface area contributed by atoms with Gasteiger partial charge in [0.1, 0.15) is 11.6 Å². The molecule has 7 rings (SSSR count). The molecule has 1 atom stereocenters. The Labute approximate surface area is 201 Å². The lowest BCUT2D eigenvalue weighted by atomic mass is 9.95. The fourth-order valence-corrected chi connectivity index (χ4v) is 5.48. The topological polar surface area (TPSA) is 50.2 Å². The zero-order chi connectivity index (χ0) is 23.6. The molecule has 5 aromatic rings. The lowest BCUT2D eigenvalue weighted by molar-refractivity contribution is -0.123. The van der Waals surface area contributed by atoms with Crippen molar-refractivity contribution in [2.75, 3.05) is 16.8 Å². The van der Waals surface area contributed by atoms with Crippen molar-refractivity contribution in [2.45, 2.75) is 12.1 Å². The van der Waals surface area contributed by atoms with Gasteiger partial charge < -0.3 is 10.2 Å². The third-order valence-corrected chi connectivity index (χ3v) is 7.04. The standard InChI is InChI=1S/C29H21FN4O/c30-20-14-15-25-22(18-20)29(28(35)33(25)17-16-19-8-2-1-3-9-19)32-23-11-5-4-10-21(23)27-31-24-12-6-7-13-26(24)34(27)29/h1-15,18,32H,16-17H2. The first kappa shape index (κ1) is 20.0. The van der Waals surface area contributed by atoms with E-state index in [0.717, 1.165) is 27.8 Å². The van der Waals surface area contributed by atoms with E-state index in [9.17, 15) is 9.18 Å². The van der Waals surface area contributed by atoms with E-state index in [0.29, 0.717) is 30.0 Å². The Morgan fingerprint density at radius 3 is 2.54 bits per heavy atom. The molecule has 6 heteroatoms. The summed E-state index contributed by atoms with van der Waals surface area (Å²) < 4.78 is 16.7. The minimum Gasteiger partial charge on any atom is -0.350 e. The van der Waals surface area contributed by atoms with Crippen molar-refractivity contribution in [3.8, 4) is 11.4 Å². The molecule has 3 heterocycles. The molecule has 4 aromatic carbocycles. The van der Waals surface area contributed by atoms with Gasteiger partial charge in [0.15, 0.2) is 0 Å². The second-order valence-corrected chi connectivity index (χ2v) is 8.99. The summed E-state index contributed by atoms with van der Waals surface area (Å²) in [6.45, 7) is 0.481. The Hall–Kier alpha value is -4.45. The third kappa shape index (κ3) is 2.74. The summed E-state index contributed by atoms with van der Waals surface area (Å²) in [5.74, 6) is 0.162. The van der Waals surface area contributed by atoms with E-state index < -0.39 is 5.66 Å². The number of nitrogens with one attached hydrogen (secondary N) is 1. The number of imidazole rings is 1. The maximum absolute atomic E-state index is 14.7. The van der Waals surface area contributed by atoms with Crippen molar-refractivity contribution in [2.24, 2.45) is 0 Å². The highest BCUT2D eigenvalue weighted by Gasteiger charge is 2.56. The second-order valence-electron chi connectivity index (χ2n) is 8.99. The first-order chi connectivity index (χ1) is 17.2. The van der Waals surface area contributed by atoms with Gasteiger partial charge in [-0.3, -0.25) is 9.36 Å². The molecule has 2 aliphatic heterocycles. The highest BCUT2D eigenvalue weighted by Crippen LogP contribution is 2.50. The lowest BCUT2D eigenvalue weighted by Gasteiger charge is -2.38. The van der Waals surface area contributed by atoms with Crippen LogP contribution < -0.4 is 10.2 Å². The van der Waals surface area contributed by atoms with Gasteiger partial charge in [-0.1, -0.05) is 54.6 Å². The molecule has 35 heavy (non-hydrogen) atoms. The number of nitrogens with zero attached hydrogens (tertiary/aromatic N) is 3. The third-order valence-electron chi connectivity index (χ3n) is 7.04. The molecule has 170 valence electrons. The molecule has 2 aliphatic rings. The summed E-state index contributed by atoms with van der Waals surface area (Å²) in [6.07, 6.45) is 0.688. The molecule has 5 nitrogen and oxygen atoms in total. The molecule has 0 aliphatic carbocycles. The Morgan fingerprint density at radius 2 is 1.66 bits per heavy atom. The predicted molar refractivity (Wildman–Crippen MR) is 135 cm³/mol. The van der Waals surface area contributed by atoms with E-state index in [2.05, 4.69) is 17.4 Å². The molecule has 1 N–H and O–H groups in total. The number of fused-ring (bicyclic) bond motifs is 8. The molecule has 0 bridgehead atoms. The number of amides is 1. The van der Waals surface area contributed by atoms with Gasteiger partial charge in [0.2, 0.25) is 5.66 Å². The number of carbonyl (C=O) groups is 1. The van der Waals surface area contributed by atoms with Crippen molar-refractivity contribution in [1.29, 1.82) is 0 Å². The van der Waals surface area contributed by atoms with Gasteiger partial charge in [-0.2, -0.15) is 0 Å². The largest absolute Gasteiger partial charge is 0.350 e. The van der Waals surface area contributed by atoms with Gasteiger partial charge in [-0.25, -0.2) is 9.37 Å². The number of aromatic nitrogens is 2. The van der Waals surface area contributed by atoms with E-state index in [1.165, 1.54) is 12.1 Å². The molecule has 0 saturated heterocycles. The van der Waals surface area contributed by atoms with Crippen LogP contribution in [0.4, 0.5) is 15.8 Å². The van der Waals surface area contributed by atoms with Crippen LogP contribution in [0.15, 0.2) is 97.1 Å². The van der Waals surface area contributed by atoms with Gasteiger partial charge in [0.05, 0.1) is 16.7 Å². The lowest BCUT2D eigenvalue weighted by Crippen LogP contribution is -2.53. The number of carbonyl (C=O) groups excluding carboxylic acids is 1. The van der Waals surface area contributed by atoms with Crippen molar-refractivity contribution < 1.29 is 9.18 Å². The summed E-state index contributed by atoms with van der Waals surface area (Å²) in [5, 5.41) is 3.53. The van der Waals surface area contributed by atoms with Crippen LogP contribution in [0, 0.1) is 5.82 Å². The number of anilines is 2. The molecule has 1 amide bonds. The van der Waals surface area contributed by atoms with Crippen LogP contribution >= 0.6 is 0 Å². The molecule has 0 fully saturated rings. The van der Waals surface area contributed by atoms with Crippen molar-refractivity contribution >= 4 is 28.3 Å². The van der Waals surface area contributed by atoms with Crippen LogP contribution in [0.3, 0.4) is 0 Å². The van der Waals surface area contributed by atoms with E-state index >= 15 is 0 Å². The summed E-state index contributed by atoms with van der Waals surface area (Å²) in [5.41, 5.74) is 4.41. The molecule has 1 unspecified atom stereocenters. The van der Waals surface area contributed by atoms with E-state index in [1.807, 2.05) is 71.3 Å². The van der Waals surface area contributed by atoms with Gasteiger partial charge in [-0.05, 0) is 54.4 Å². The van der Waals surface area contributed by atoms with Gasteiger partial charge in [0.25, 0.3) is 5.91 Å². The molecular weight excluding hydrogens is 439 g/mol. The minimum atomic E-state index is -1.34. The van der Waals surface area contributed by atoms with Crippen LogP contribution in [0.25, 0.3) is 22.4 Å². The summed E-state index contributed by atoms with van der Waals surface area (Å²) in [4.78, 5) is 21.2. The quantitative estimate of drug-likeness (QED) is 0.384. The van der Waals surface area contributed by atoms with Crippen LogP contribution in [-0.2, 0) is 16.9 Å². The number of benzene rings is 4. The number of para-hydroxylation sites is 3. The summed E-state index contributed by atoms with van der Waals surface area (Å²) >= 11 is 0. The number of halogens is 1. The average molecular weight is 461 g/mol. The monoisotopic (exact) mass is 460 g/mol. The minimum absolute atomic E-state index is 0.145. The Kier molecular flexibility index (Phi) is 4.15. The van der Waals surface area contributed by atoms with E-state index in [4.69, 9.17) is 4.98 Å². The summed E-state index contributed by atoms with van der Waals surface area (Å²) in [7, 11) is 0. The average Bonchev–Trinajstić information content (AvgIpc) is 3.39. The highest BCUT2D eigenvalue weighted by atomic mass is 19.1. The van der Waals surface area contributed by atoms with Crippen LogP contribution in [0.1, 0.15) is 11.1 Å². The molecule has 1 spiro atoms. The predicted octanol–water partition coefficient (Wildman–Crippen LogP) is 5.56. The maximum atomic E-state index is 14.7. The van der Waals surface area contributed by atoms with Crippen molar-refractivity contribution in [1.82, 2.24) is 9.55 Å². The van der Waals surface area contributed by atoms with Crippen molar-refractivity contribution in [3.05, 3.63) is 114 Å². The first-order valence-corrected chi connectivity index (χ1v) is 11.7. The van der Waals surface area contributed by atoms with E-state index in [-0.39, 0.29) is 11.7 Å². The normalized spacial score (nSPS) is 17.9. The van der Waals surface area contributed by atoms with Crippen LogP contribution in [0.2, 0.25) is 0 Å². The molecule has 0 radical (unpaired) electrons. The van der Waals surface area contributed by atoms with Gasteiger partial charge in [-0.15, -0.1) is 0 Å². The number of hydrogen-bond donors (Lipinski definition) is 1. The SMILES string of the molecule is O=C1N(CCc2ccccc2)c2ccc(F)cc2C12Nc1ccccc1-c1nc3ccccc3n12. The summed E-state index contributed by atoms with van der Waals surface area (Å²) in [6, 6.07) is 30.3. The Balaban J connectivity index is 1.47. The highest BCUT2D eigenvalue weighted by molar-refractivity contribution is 6.12. The van der Waals surface area contributed by atoms with Crippen LogP contribution in [0.5, 0.6) is 0 Å². The van der Waals surface area contributed by atoms with E-state index in [1.54, 1.807) is 11.0 Å². The van der Waals surface area contributed by atoms with Crippen LogP contribution in [-0.4, -0.2) is 22.0 Å². The fraction of sp³-hybridized carbons (Fsp3) is 0.103. The number of rotatable bonds is 3. The Morgan fingerprint density at radius 1 is 0.886 bits per heavy atom. The number of hydrogen-bond acceptors (Lipinski definition) is 3. The molecule has 1 aromatic heterocycles. The Bertz CT molecular complexity index is 1630. The molecule has 0 saturated carbocycles. The van der Waals surface area contributed by atoms with Gasteiger partial charge >= 0.3 is 0 Å². The second kappa shape index (κ2) is 7.27. The van der Waals surface area contributed by atoms with Gasteiger partial charge in [0, 0.05) is 23.4 Å². The van der Waals surface area contributed by atoms with Crippen molar-refractivity contribution in [3.63, 3.8) is 0 Å². The fourth-order valence-electron chi connectivity index (χ4n) is 5.48. The zero-order valence-corrected chi connectivity index (χ0v) is 18.8. The maximum Gasteiger partial charge on any atom is 0.279 e. The first-order valence-electron chi connectivity index (χ1n) is 11.7. The zero-order valence-electron chi connectivity index (χ0n) is 18.8. The molecular formula is C29H21FN4O. The smallest absolute Gasteiger partial charge is 0.279 e.